The second-order valence-electron chi connectivity index (χ2n) is 9.34. The first-order chi connectivity index (χ1) is 18.1. The number of benzene rings is 1. The average molecular weight is 515 g/mol. The number of hydrogen-bond acceptors (Lipinski definition) is 11. The summed E-state index contributed by atoms with van der Waals surface area (Å²) in [5.41, 5.74) is 6.50. The highest BCUT2D eigenvalue weighted by atomic mass is 16.6. The van der Waals surface area contributed by atoms with Crippen LogP contribution in [0.4, 0.5) is 23.3 Å². The van der Waals surface area contributed by atoms with Gasteiger partial charge < -0.3 is 30.3 Å². The lowest BCUT2D eigenvalue weighted by Crippen LogP contribution is -2.47. The van der Waals surface area contributed by atoms with Gasteiger partial charge in [0.1, 0.15) is 5.82 Å². The molecule has 0 amide bonds. The van der Waals surface area contributed by atoms with Crippen LogP contribution in [0.25, 0.3) is 0 Å². The Labute approximate surface area is 217 Å². The standard InChI is InChI=1S/C25H38N8O4/c26-10-16-36-18-19-37-17-11-27-24-28-23(20-4-2-1-3-5-20)29-25(30-24)32-14-12-31(13-15-32)21-6-8-22(9-7-21)33(34)35/h6-9,20H,1-5,10-19,26H2,(H,27,28,29,30). The number of nitrogens with one attached hydrogen (secondary N) is 1. The smallest absolute Gasteiger partial charge is 0.269 e. The van der Waals surface area contributed by atoms with Crippen molar-refractivity contribution < 1.29 is 14.4 Å². The highest BCUT2D eigenvalue weighted by Crippen LogP contribution is 2.32. The Hall–Kier alpha value is -3.09. The summed E-state index contributed by atoms with van der Waals surface area (Å²) in [6.07, 6.45) is 5.92. The minimum absolute atomic E-state index is 0.105. The molecule has 2 aliphatic rings. The Bertz CT molecular complexity index is 979. The third kappa shape index (κ3) is 7.94. The van der Waals surface area contributed by atoms with Crippen molar-refractivity contribution in [2.45, 2.75) is 38.0 Å². The van der Waals surface area contributed by atoms with Crippen LogP contribution < -0.4 is 20.9 Å². The van der Waals surface area contributed by atoms with Gasteiger partial charge in [-0.1, -0.05) is 19.3 Å². The summed E-state index contributed by atoms with van der Waals surface area (Å²) >= 11 is 0. The molecule has 12 nitrogen and oxygen atoms in total. The zero-order chi connectivity index (χ0) is 25.9. The minimum atomic E-state index is -0.373. The summed E-state index contributed by atoms with van der Waals surface area (Å²) in [7, 11) is 0. The molecule has 2 heterocycles. The molecule has 0 radical (unpaired) electrons. The van der Waals surface area contributed by atoms with E-state index in [9.17, 15) is 10.1 Å². The largest absolute Gasteiger partial charge is 0.378 e. The van der Waals surface area contributed by atoms with Crippen molar-refractivity contribution in [3.8, 4) is 0 Å². The molecule has 12 heteroatoms. The fourth-order valence-corrected chi connectivity index (χ4v) is 4.73. The van der Waals surface area contributed by atoms with Crippen LogP contribution in [0.15, 0.2) is 24.3 Å². The molecule has 37 heavy (non-hydrogen) atoms. The van der Waals surface area contributed by atoms with E-state index < -0.39 is 0 Å². The van der Waals surface area contributed by atoms with Gasteiger partial charge in [-0.05, 0) is 25.0 Å². The van der Waals surface area contributed by atoms with Crippen molar-refractivity contribution in [3.63, 3.8) is 0 Å². The number of ether oxygens (including phenoxy) is 2. The van der Waals surface area contributed by atoms with Gasteiger partial charge in [0.15, 0.2) is 0 Å². The summed E-state index contributed by atoms with van der Waals surface area (Å²) in [5, 5.41) is 14.3. The maximum Gasteiger partial charge on any atom is 0.269 e. The van der Waals surface area contributed by atoms with Crippen LogP contribution in [0.3, 0.4) is 0 Å². The number of nitro benzene ring substituents is 1. The number of nitro groups is 1. The summed E-state index contributed by atoms with van der Waals surface area (Å²) in [5.74, 6) is 2.54. The van der Waals surface area contributed by atoms with Gasteiger partial charge in [-0.25, -0.2) is 0 Å². The van der Waals surface area contributed by atoms with Gasteiger partial charge in [-0.3, -0.25) is 10.1 Å². The lowest BCUT2D eigenvalue weighted by Gasteiger charge is -2.36. The van der Waals surface area contributed by atoms with Crippen LogP contribution in [0, 0.1) is 10.1 Å². The molecule has 1 aliphatic heterocycles. The molecule has 0 atom stereocenters. The van der Waals surface area contributed by atoms with Crippen molar-refractivity contribution in [3.05, 3.63) is 40.2 Å². The van der Waals surface area contributed by atoms with Gasteiger partial charge in [0.2, 0.25) is 11.9 Å². The van der Waals surface area contributed by atoms with Gasteiger partial charge >= 0.3 is 0 Å². The Morgan fingerprint density at radius 3 is 2.27 bits per heavy atom. The highest BCUT2D eigenvalue weighted by molar-refractivity contribution is 5.52. The van der Waals surface area contributed by atoms with Crippen molar-refractivity contribution in [1.82, 2.24) is 15.0 Å². The Morgan fingerprint density at radius 1 is 0.919 bits per heavy atom. The van der Waals surface area contributed by atoms with Crippen LogP contribution in [0.1, 0.15) is 43.8 Å². The Kier molecular flexibility index (Phi) is 10.2. The quantitative estimate of drug-likeness (QED) is 0.231. The minimum Gasteiger partial charge on any atom is -0.378 e. The van der Waals surface area contributed by atoms with E-state index in [0.717, 1.165) is 50.5 Å². The van der Waals surface area contributed by atoms with E-state index in [1.165, 1.54) is 19.3 Å². The molecule has 1 aliphatic carbocycles. The first-order valence-electron chi connectivity index (χ1n) is 13.2. The van der Waals surface area contributed by atoms with Gasteiger partial charge in [-0.15, -0.1) is 0 Å². The number of nitrogens with two attached hydrogens (primary N) is 1. The molecule has 1 saturated carbocycles. The third-order valence-corrected chi connectivity index (χ3v) is 6.76. The van der Waals surface area contributed by atoms with Crippen LogP contribution >= 0.6 is 0 Å². The Morgan fingerprint density at radius 2 is 1.59 bits per heavy atom. The van der Waals surface area contributed by atoms with Gasteiger partial charge in [0, 0.05) is 63.0 Å². The number of piperazine rings is 1. The maximum atomic E-state index is 10.9. The molecular formula is C25H38N8O4. The van der Waals surface area contributed by atoms with E-state index >= 15 is 0 Å². The number of nitrogens with zero attached hydrogens (tertiary/aromatic N) is 6. The van der Waals surface area contributed by atoms with Crippen LogP contribution in [-0.4, -0.2) is 85.6 Å². The molecule has 1 aromatic carbocycles. The van der Waals surface area contributed by atoms with E-state index in [1.807, 2.05) is 12.1 Å². The van der Waals surface area contributed by atoms with Crippen LogP contribution in [0.5, 0.6) is 0 Å². The molecule has 0 unspecified atom stereocenters. The fraction of sp³-hybridized carbons (Fsp3) is 0.640. The van der Waals surface area contributed by atoms with E-state index in [1.54, 1.807) is 12.1 Å². The van der Waals surface area contributed by atoms with Gasteiger partial charge in [-0.2, -0.15) is 15.0 Å². The van der Waals surface area contributed by atoms with Gasteiger partial charge in [0.05, 0.1) is 31.4 Å². The lowest BCUT2D eigenvalue weighted by atomic mass is 9.89. The summed E-state index contributed by atoms with van der Waals surface area (Å²) in [4.78, 5) is 29.4. The molecular weight excluding hydrogens is 476 g/mol. The molecule has 3 N–H and O–H groups in total. The molecule has 0 spiro atoms. The van der Waals surface area contributed by atoms with E-state index in [-0.39, 0.29) is 10.6 Å². The number of anilines is 3. The molecule has 0 bridgehead atoms. The van der Waals surface area contributed by atoms with Crippen LogP contribution in [0.2, 0.25) is 0 Å². The highest BCUT2D eigenvalue weighted by Gasteiger charge is 2.24. The molecule has 202 valence electrons. The lowest BCUT2D eigenvalue weighted by molar-refractivity contribution is -0.384. The zero-order valence-corrected chi connectivity index (χ0v) is 21.4. The van der Waals surface area contributed by atoms with Crippen LogP contribution in [-0.2, 0) is 9.47 Å². The monoisotopic (exact) mass is 514 g/mol. The van der Waals surface area contributed by atoms with Gasteiger partial charge in [0.25, 0.3) is 5.69 Å². The number of aromatic nitrogens is 3. The predicted octanol–water partition coefficient (Wildman–Crippen LogP) is 2.56. The molecule has 4 rings (SSSR count). The van der Waals surface area contributed by atoms with E-state index in [4.69, 9.17) is 30.2 Å². The second kappa shape index (κ2) is 14.0. The maximum absolute atomic E-state index is 10.9. The number of rotatable bonds is 13. The third-order valence-electron chi connectivity index (χ3n) is 6.76. The molecule has 1 saturated heterocycles. The van der Waals surface area contributed by atoms with Crippen molar-refractivity contribution in [2.24, 2.45) is 5.73 Å². The summed E-state index contributed by atoms with van der Waals surface area (Å²) in [6.45, 7) is 6.32. The predicted molar refractivity (Wildman–Crippen MR) is 142 cm³/mol. The summed E-state index contributed by atoms with van der Waals surface area (Å²) in [6, 6.07) is 6.73. The van der Waals surface area contributed by atoms with E-state index in [2.05, 4.69) is 15.1 Å². The van der Waals surface area contributed by atoms with Crippen molar-refractivity contribution in [2.75, 3.05) is 80.8 Å². The normalized spacial score (nSPS) is 16.7. The average Bonchev–Trinajstić information content (AvgIpc) is 2.95. The van der Waals surface area contributed by atoms with Crippen molar-refractivity contribution >= 4 is 23.3 Å². The molecule has 2 fully saturated rings. The number of non-ortho nitro benzene ring substituents is 1. The first kappa shape index (κ1) is 27.0. The van der Waals surface area contributed by atoms with Crippen molar-refractivity contribution in [1.29, 1.82) is 0 Å². The first-order valence-corrected chi connectivity index (χ1v) is 13.2. The fourth-order valence-electron chi connectivity index (χ4n) is 4.73. The topological polar surface area (TPSA) is 145 Å². The second-order valence-corrected chi connectivity index (χ2v) is 9.34. The summed E-state index contributed by atoms with van der Waals surface area (Å²) < 4.78 is 10.9. The molecule has 1 aromatic heterocycles. The van der Waals surface area contributed by atoms with E-state index in [0.29, 0.717) is 57.3 Å². The Balaban J connectivity index is 1.36. The number of hydrogen-bond donors (Lipinski definition) is 2. The SMILES string of the molecule is NCCOCCOCCNc1nc(C2CCCCC2)nc(N2CCN(c3ccc([N+](=O)[O-])cc3)CC2)n1. The molecule has 2 aromatic rings. The zero-order valence-electron chi connectivity index (χ0n) is 21.4.